The van der Waals surface area contributed by atoms with E-state index in [1.807, 2.05) is 24.3 Å². The molecule has 1 aliphatic heterocycles. The smallest absolute Gasteiger partial charge is 0.240 e. The van der Waals surface area contributed by atoms with Gasteiger partial charge in [0, 0.05) is 24.7 Å². The van der Waals surface area contributed by atoms with E-state index in [1.54, 1.807) is 0 Å². The summed E-state index contributed by atoms with van der Waals surface area (Å²) in [5.74, 6) is -1.87. The SMILES string of the molecule is O=C(CN1C(=O)CCCc2ccccc21)NCc1cc(F)cc(F)c1. The number of nitrogens with one attached hydrogen (secondary N) is 1. The summed E-state index contributed by atoms with van der Waals surface area (Å²) in [5.41, 5.74) is 2.11. The maximum Gasteiger partial charge on any atom is 0.240 e. The van der Waals surface area contributed by atoms with Crippen molar-refractivity contribution >= 4 is 17.5 Å². The first-order valence-corrected chi connectivity index (χ1v) is 8.13. The maximum atomic E-state index is 13.2. The van der Waals surface area contributed by atoms with Gasteiger partial charge in [0.1, 0.15) is 18.2 Å². The summed E-state index contributed by atoms with van der Waals surface area (Å²) in [7, 11) is 0. The molecule has 0 fully saturated rings. The molecule has 2 aromatic rings. The lowest BCUT2D eigenvalue weighted by atomic mass is 10.1. The third-order valence-electron chi connectivity index (χ3n) is 4.13. The van der Waals surface area contributed by atoms with Crippen molar-refractivity contribution < 1.29 is 18.4 Å². The van der Waals surface area contributed by atoms with E-state index in [0.717, 1.165) is 42.3 Å². The molecule has 0 unspecified atom stereocenters. The van der Waals surface area contributed by atoms with E-state index < -0.39 is 11.6 Å². The molecule has 0 spiro atoms. The molecular weight excluding hydrogens is 326 g/mol. The number of halogens is 2. The summed E-state index contributed by atoms with van der Waals surface area (Å²) in [6.07, 6.45) is 1.93. The van der Waals surface area contributed by atoms with Crippen molar-refractivity contribution in [1.82, 2.24) is 5.32 Å². The van der Waals surface area contributed by atoms with Gasteiger partial charge in [-0.05, 0) is 42.2 Å². The van der Waals surface area contributed by atoms with Crippen molar-refractivity contribution in [3.63, 3.8) is 0 Å². The number of hydrogen-bond donors (Lipinski definition) is 1. The highest BCUT2D eigenvalue weighted by Gasteiger charge is 2.23. The Labute approximate surface area is 144 Å². The first-order valence-electron chi connectivity index (χ1n) is 8.13. The minimum Gasteiger partial charge on any atom is -0.350 e. The third-order valence-corrected chi connectivity index (χ3v) is 4.13. The van der Waals surface area contributed by atoms with Crippen LogP contribution in [-0.4, -0.2) is 18.4 Å². The van der Waals surface area contributed by atoms with E-state index in [9.17, 15) is 18.4 Å². The largest absolute Gasteiger partial charge is 0.350 e. The van der Waals surface area contributed by atoms with Crippen LogP contribution in [0.25, 0.3) is 0 Å². The molecule has 4 nitrogen and oxygen atoms in total. The molecule has 0 aliphatic carbocycles. The fourth-order valence-corrected chi connectivity index (χ4v) is 2.97. The maximum absolute atomic E-state index is 13.2. The Hall–Kier alpha value is -2.76. The van der Waals surface area contributed by atoms with Crippen LogP contribution in [0.5, 0.6) is 0 Å². The fraction of sp³-hybridized carbons (Fsp3) is 0.263. The van der Waals surface area contributed by atoms with Gasteiger partial charge < -0.3 is 10.2 Å². The highest BCUT2D eigenvalue weighted by Crippen LogP contribution is 2.26. The van der Waals surface area contributed by atoms with Crippen LogP contribution in [0.4, 0.5) is 14.5 Å². The summed E-state index contributed by atoms with van der Waals surface area (Å²) in [6.45, 7) is -0.120. The van der Waals surface area contributed by atoms with E-state index in [1.165, 1.54) is 4.90 Å². The molecule has 25 heavy (non-hydrogen) atoms. The standard InChI is InChI=1S/C19H18F2N2O2/c20-15-8-13(9-16(21)10-15)11-22-18(24)12-23-17-6-2-1-4-14(17)5-3-7-19(23)25/h1-2,4,6,8-10H,3,5,7,11-12H2,(H,22,24). The molecule has 0 saturated carbocycles. The minimum absolute atomic E-state index is 0.00279. The Bertz CT molecular complexity index is 788. The Balaban J connectivity index is 1.68. The Morgan fingerprint density at radius 1 is 1.08 bits per heavy atom. The van der Waals surface area contributed by atoms with Crippen LogP contribution in [0.15, 0.2) is 42.5 Å². The van der Waals surface area contributed by atoms with Crippen molar-refractivity contribution in [2.75, 3.05) is 11.4 Å². The molecule has 2 aromatic carbocycles. The number of hydrogen-bond acceptors (Lipinski definition) is 2. The van der Waals surface area contributed by atoms with Gasteiger partial charge in [-0.3, -0.25) is 9.59 Å². The molecule has 1 heterocycles. The highest BCUT2D eigenvalue weighted by atomic mass is 19.1. The zero-order valence-electron chi connectivity index (χ0n) is 13.6. The van der Waals surface area contributed by atoms with E-state index >= 15 is 0 Å². The van der Waals surface area contributed by atoms with Crippen LogP contribution in [0.3, 0.4) is 0 Å². The number of carbonyl (C=O) groups is 2. The van der Waals surface area contributed by atoms with Crippen molar-refractivity contribution in [2.24, 2.45) is 0 Å². The monoisotopic (exact) mass is 344 g/mol. The molecule has 3 rings (SSSR count). The molecule has 130 valence electrons. The quantitative estimate of drug-likeness (QED) is 0.927. The molecule has 0 atom stereocenters. The first-order chi connectivity index (χ1) is 12.0. The van der Waals surface area contributed by atoms with Crippen LogP contribution >= 0.6 is 0 Å². The fourth-order valence-electron chi connectivity index (χ4n) is 2.97. The van der Waals surface area contributed by atoms with Crippen LogP contribution in [0.1, 0.15) is 24.0 Å². The molecule has 0 saturated heterocycles. The normalized spacial score (nSPS) is 14.0. The second kappa shape index (κ2) is 7.42. The van der Waals surface area contributed by atoms with Crippen LogP contribution in [-0.2, 0) is 22.6 Å². The first kappa shape index (κ1) is 17.1. The number of nitrogens with zero attached hydrogens (tertiary/aromatic N) is 1. The molecule has 2 amide bonds. The second-order valence-corrected chi connectivity index (χ2v) is 6.02. The van der Waals surface area contributed by atoms with Crippen LogP contribution in [0.2, 0.25) is 0 Å². The van der Waals surface area contributed by atoms with Crippen molar-refractivity contribution in [3.8, 4) is 0 Å². The number of para-hydroxylation sites is 1. The lowest BCUT2D eigenvalue weighted by molar-refractivity contribution is -0.123. The summed E-state index contributed by atoms with van der Waals surface area (Å²) < 4.78 is 26.4. The number of amides is 2. The van der Waals surface area contributed by atoms with Gasteiger partial charge in [-0.1, -0.05) is 18.2 Å². The molecule has 0 bridgehead atoms. The van der Waals surface area contributed by atoms with Gasteiger partial charge in [-0.2, -0.15) is 0 Å². The van der Waals surface area contributed by atoms with Gasteiger partial charge in [0.15, 0.2) is 0 Å². The summed E-state index contributed by atoms with van der Waals surface area (Å²) in [4.78, 5) is 26.0. The molecular formula is C19H18F2N2O2. The average molecular weight is 344 g/mol. The van der Waals surface area contributed by atoms with Gasteiger partial charge in [0.05, 0.1) is 0 Å². The molecule has 1 N–H and O–H groups in total. The predicted octanol–water partition coefficient (Wildman–Crippen LogP) is 2.95. The predicted molar refractivity (Wildman–Crippen MR) is 89.9 cm³/mol. The zero-order valence-corrected chi connectivity index (χ0v) is 13.6. The number of anilines is 1. The summed E-state index contributed by atoms with van der Waals surface area (Å²) in [6, 6.07) is 10.6. The number of fused-ring (bicyclic) bond motifs is 1. The van der Waals surface area contributed by atoms with E-state index in [0.29, 0.717) is 12.0 Å². The summed E-state index contributed by atoms with van der Waals surface area (Å²) in [5, 5.41) is 2.61. The van der Waals surface area contributed by atoms with E-state index in [2.05, 4.69) is 5.32 Å². The van der Waals surface area contributed by atoms with Gasteiger partial charge >= 0.3 is 0 Å². The summed E-state index contributed by atoms with van der Waals surface area (Å²) >= 11 is 0. The highest BCUT2D eigenvalue weighted by molar-refractivity contribution is 5.99. The van der Waals surface area contributed by atoms with Crippen molar-refractivity contribution in [3.05, 3.63) is 65.2 Å². The molecule has 6 heteroatoms. The lowest BCUT2D eigenvalue weighted by Crippen LogP contribution is -2.40. The molecule has 0 aromatic heterocycles. The number of benzene rings is 2. The number of aryl methyl sites for hydroxylation is 1. The third kappa shape index (κ3) is 4.21. The van der Waals surface area contributed by atoms with Crippen LogP contribution < -0.4 is 10.2 Å². The Kier molecular flexibility index (Phi) is 5.07. The average Bonchev–Trinajstić information content (AvgIpc) is 2.72. The molecule has 0 radical (unpaired) electrons. The van der Waals surface area contributed by atoms with Crippen molar-refractivity contribution in [2.45, 2.75) is 25.8 Å². The lowest BCUT2D eigenvalue weighted by Gasteiger charge is -2.22. The number of rotatable bonds is 4. The Morgan fingerprint density at radius 2 is 1.80 bits per heavy atom. The molecule has 1 aliphatic rings. The van der Waals surface area contributed by atoms with Gasteiger partial charge in [-0.25, -0.2) is 8.78 Å². The minimum atomic E-state index is -0.694. The zero-order chi connectivity index (χ0) is 17.8. The second-order valence-electron chi connectivity index (χ2n) is 6.02. The number of carbonyl (C=O) groups excluding carboxylic acids is 2. The topological polar surface area (TPSA) is 49.4 Å². The van der Waals surface area contributed by atoms with E-state index in [-0.39, 0.29) is 24.9 Å². The van der Waals surface area contributed by atoms with Crippen LogP contribution in [0, 0.1) is 11.6 Å². The van der Waals surface area contributed by atoms with Crippen molar-refractivity contribution in [1.29, 1.82) is 0 Å². The van der Waals surface area contributed by atoms with Gasteiger partial charge in [-0.15, -0.1) is 0 Å². The Morgan fingerprint density at radius 3 is 2.56 bits per heavy atom. The van der Waals surface area contributed by atoms with E-state index in [4.69, 9.17) is 0 Å². The van der Waals surface area contributed by atoms with Gasteiger partial charge in [0.25, 0.3) is 0 Å². The van der Waals surface area contributed by atoms with Gasteiger partial charge in [0.2, 0.25) is 11.8 Å².